The lowest BCUT2D eigenvalue weighted by Gasteiger charge is -2.14. The van der Waals surface area contributed by atoms with Crippen molar-refractivity contribution < 1.29 is 23.7 Å². The quantitative estimate of drug-likeness (QED) is 0.314. The minimum atomic E-state index is -0.269. The van der Waals surface area contributed by atoms with Gasteiger partial charge in [-0.1, -0.05) is 41.4 Å². The highest BCUT2D eigenvalue weighted by atomic mass is 35.5. The Kier molecular flexibility index (Phi) is 7.77. The lowest BCUT2D eigenvalue weighted by molar-refractivity contribution is -0.120. The summed E-state index contributed by atoms with van der Waals surface area (Å²) in [5.74, 6) is 1.95. The van der Waals surface area contributed by atoms with Crippen LogP contribution in [0.3, 0.4) is 0 Å². The second-order valence-corrected chi connectivity index (χ2v) is 8.18. The third-order valence-corrected chi connectivity index (χ3v) is 5.37. The highest BCUT2D eigenvalue weighted by Crippen LogP contribution is 2.37. The first-order chi connectivity index (χ1) is 16.5. The molecule has 176 valence electrons. The minimum Gasteiger partial charge on any atom is -0.490 e. The molecule has 0 spiro atoms. The van der Waals surface area contributed by atoms with Crippen LogP contribution in [0.1, 0.15) is 23.6 Å². The Balaban J connectivity index is 1.38. The molecule has 9 heteroatoms. The van der Waals surface area contributed by atoms with E-state index in [0.717, 1.165) is 11.1 Å². The summed E-state index contributed by atoms with van der Waals surface area (Å²) >= 11 is 12.4. The van der Waals surface area contributed by atoms with Crippen LogP contribution >= 0.6 is 23.2 Å². The number of carbonyl (C=O) groups is 1. The normalized spacial score (nSPS) is 12.1. The van der Waals surface area contributed by atoms with Crippen molar-refractivity contribution in [2.75, 3.05) is 13.4 Å². The number of hydrazone groups is 1. The van der Waals surface area contributed by atoms with E-state index >= 15 is 0 Å². The molecule has 1 amide bonds. The smallest absolute Gasteiger partial charge is 0.244 e. The SMILES string of the molecule is CCOc1cc(/C=N\NC(=O)Cc2ccc3c(c2)OCO3)cc(Cl)c1OCc1ccc(Cl)cc1. The van der Waals surface area contributed by atoms with Gasteiger partial charge in [-0.2, -0.15) is 5.10 Å². The van der Waals surface area contributed by atoms with Gasteiger partial charge in [-0.25, -0.2) is 5.43 Å². The Morgan fingerprint density at radius 2 is 1.79 bits per heavy atom. The summed E-state index contributed by atoms with van der Waals surface area (Å²) in [7, 11) is 0. The van der Waals surface area contributed by atoms with Crippen molar-refractivity contribution in [1.29, 1.82) is 0 Å². The summed E-state index contributed by atoms with van der Waals surface area (Å²) in [6.45, 7) is 2.79. The Hall–Kier alpha value is -3.42. The van der Waals surface area contributed by atoms with Crippen LogP contribution in [0.2, 0.25) is 10.0 Å². The van der Waals surface area contributed by atoms with E-state index in [9.17, 15) is 4.79 Å². The van der Waals surface area contributed by atoms with Crippen molar-refractivity contribution in [1.82, 2.24) is 5.43 Å². The van der Waals surface area contributed by atoms with Gasteiger partial charge in [0.2, 0.25) is 12.7 Å². The van der Waals surface area contributed by atoms with Gasteiger partial charge in [-0.3, -0.25) is 4.79 Å². The minimum absolute atomic E-state index is 0.149. The Morgan fingerprint density at radius 3 is 2.59 bits per heavy atom. The second kappa shape index (κ2) is 11.1. The van der Waals surface area contributed by atoms with E-state index < -0.39 is 0 Å². The molecule has 0 saturated carbocycles. The number of hydrogen-bond donors (Lipinski definition) is 1. The van der Waals surface area contributed by atoms with Gasteiger partial charge < -0.3 is 18.9 Å². The first-order valence-electron chi connectivity index (χ1n) is 10.6. The largest absolute Gasteiger partial charge is 0.490 e. The van der Waals surface area contributed by atoms with Gasteiger partial charge in [-0.05, 0) is 60.0 Å². The topological polar surface area (TPSA) is 78.4 Å². The predicted octanol–water partition coefficient (Wildman–Crippen LogP) is 5.39. The van der Waals surface area contributed by atoms with E-state index in [1.165, 1.54) is 6.21 Å². The lowest BCUT2D eigenvalue weighted by atomic mass is 10.1. The molecular weight excluding hydrogens is 479 g/mol. The summed E-state index contributed by atoms with van der Waals surface area (Å²) < 4.78 is 22.2. The molecule has 3 aromatic rings. The van der Waals surface area contributed by atoms with E-state index in [1.54, 1.807) is 36.4 Å². The second-order valence-electron chi connectivity index (χ2n) is 7.34. The number of benzene rings is 3. The molecular formula is C25H22Cl2N2O5. The molecule has 1 heterocycles. The van der Waals surface area contributed by atoms with E-state index in [2.05, 4.69) is 10.5 Å². The highest BCUT2D eigenvalue weighted by Gasteiger charge is 2.15. The molecule has 0 unspecified atom stereocenters. The molecule has 0 atom stereocenters. The Bertz CT molecular complexity index is 1200. The van der Waals surface area contributed by atoms with Gasteiger partial charge in [0, 0.05) is 5.02 Å². The monoisotopic (exact) mass is 500 g/mol. The molecule has 1 N–H and O–H groups in total. The molecule has 1 aliphatic heterocycles. The van der Waals surface area contributed by atoms with Crippen LogP contribution in [0.4, 0.5) is 0 Å². The van der Waals surface area contributed by atoms with Gasteiger partial charge >= 0.3 is 0 Å². The molecule has 34 heavy (non-hydrogen) atoms. The molecule has 0 aromatic heterocycles. The Labute approximate surface area is 207 Å². The number of nitrogens with one attached hydrogen (secondary N) is 1. The zero-order valence-corrected chi connectivity index (χ0v) is 19.9. The van der Waals surface area contributed by atoms with Gasteiger partial charge in [0.25, 0.3) is 0 Å². The maximum absolute atomic E-state index is 12.3. The summed E-state index contributed by atoms with van der Waals surface area (Å²) in [6.07, 6.45) is 1.64. The number of carbonyl (C=O) groups excluding carboxylic acids is 1. The molecule has 4 rings (SSSR count). The summed E-state index contributed by atoms with van der Waals surface area (Å²) in [5.41, 5.74) is 4.90. The lowest BCUT2D eigenvalue weighted by Crippen LogP contribution is -2.19. The van der Waals surface area contributed by atoms with Crippen LogP contribution in [0.5, 0.6) is 23.0 Å². The van der Waals surface area contributed by atoms with Crippen molar-refractivity contribution in [2.45, 2.75) is 20.0 Å². The van der Waals surface area contributed by atoms with E-state index in [0.29, 0.717) is 51.8 Å². The first-order valence-corrected chi connectivity index (χ1v) is 11.3. The zero-order chi connectivity index (χ0) is 23.9. The number of halogens is 2. The highest BCUT2D eigenvalue weighted by molar-refractivity contribution is 6.32. The van der Waals surface area contributed by atoms with Crippen molar-refractivity contribution >= 4 is 35.3 Å². The third kappa shape index (κ3) is 6.12. The predicted molar refractivity (Wildman–Crippen MR) is 130 cm³/mol. The zero-order valence-electron chi connectivity index (χ0n) is 18.3. The van der Waals surface area contributed by atoms with Crippen LogP contribution in [-0.4, -0.2) is 25.5 Å². The maximum atomic E-state index is 12.3. The number of amides is 1. The first kappa shape index (κ1) is 23.7. The molecule has 0 aliphatic carbocycles. The van der Waals surface area contributed by atoms with E-state index in [1.807, 2.05) is 25.1 Å². The summed E-state index contributed by atoms with van der Waals surface area (Å²) in [6, 6.07) is 16.2. The Morgan fingerprint density at radius 1 is 1.03 bits per heavy atom. The van der Waals surface area contributed by atoms with Crippen molar-refractivity contribution in [3.05, 3.63) is 81.3 Å². The van der Waals surface area contributed by atoms with E-state index in [4.69, 9.17) is 42.1 Å². The van der Waals surface area contributed by atoms with Crippen LogP contribution in [0.15, 0.2) is 59.7 Å². The number of ether oxygens (including phenoxy) is 4. The van der Waals surface area contributed by atoms with Gasteiger partial charge in [-0.15, -0.1) is 0 Å². The molecule has 7 nitrogen and oxygen atoms in total. The van der Waals surface area contributed by atoms with Gasteiger partial charge in [0.1, 0.15) is 6.61 Å². The maximum Gasteiger partial charge on any atom is 0.244 e. The fourth-order valence-corrected chi connectivity index (χ4v) is 3.66. The van der Waals surface area contributed by atoms with Gasteiger partial charge in [0.05, 0.1) is 24.3 Å². The van der Waals surface area contributed by atoms with Crippen molar-refractivity contribution in [3.63, 3.8) is 0 Å². The van der Waals surface area contributed by atoms with Crippen LogP contribution in [-0.2, 0) is 17.8 Å². The summed E-state index contributed by atoms with van der Waals surface area (Å²) in [5, 5.41) is 5.06. The number of fused-ring (bicyclic) bond motifs is 1. The molecule has 3 aromatic carbocycles. The molecule has 0 saturated heterocycles. The third-order valence-electron chi connectivity index (χ3n) is 4.83. The van der Waals surface area contributed by atoms with Crippen LogP contribution < -0.4 is 24.4 Å². The fraction of sp³-hybridized carbons (Fsp3) is 0.200. The summed E-state index contributed by atoms with van der Waals surface area (Å²) in [4.78, 5) is 12.3. The van der Waals surface area contributed by atoms with Crippen LogP contribution in [0.25, 0.3) is 0 Å². The van der Waals surface area contributed by atoms with Crippen molar-refractivity contribution in [3.8, 4) is 23.0 Å². The molecule has 0 radical (unpaired) electrons. The standard InChI is InChI=1S/C25H22Cl2N2O5/c1-2-31-23-11-18(9-20(27)25(23)32-14-16-3-6-19(26)7-4-16)13-28-29-24(30)12-17-5-8-21-22(10-17)34-15-33-21/h3-11,13H,2,12,14-15H2,1H3,(H,29,30)/b28-13-. The number of hydrogen-bond acceptors (Lipinski definition) is 6. The molecule has 0 bridgehead atoms. The van der Waals surface area contributed by atoms with Crippen LogP contribution in [0, 0.1) is 0 Å². The van der Waals surface area contributed by atoms with Crippen molar-refractivity contribution in [2.24, 2.45) is 5.10 Å². The van der Waals surface area contributed by atoms with E-state index in [-0.39, 0.29) is 19.1 Å². The average Bonchev–Trinajstić information content (AvgIpc) is 3.28. The molecule has 0 fully saturated rings. The number of rotatable bonds is 9. The average molecular weight is 501 g/mol. The number of nitrogens with zero attached hydrogens (tertiary/aromatic N) is 1. The van der Waals surface area contributed by atoms with Gasteiger partial charge in [0.15, 0.2) is 23.0 Å². The fourth-order valence-electron chi connectivity index (χ4n) is 3.26. The molecule has 1 aliphatic rings.